The monoisotopic (exact) mass is 372 g/mol. The van der Waals surface area contributed by atoms with Crippen molar-refractivity contribution in [2.24, 2.45) is 0 Å². The van der Waals surface area contributed by atoms with Crippen molar-refractivity contribution in [3.8, 4) is 0 Å². The summed E-state index contributed by atoms with van der Waals surface area (Å²) in [5.74, 6) is 0.301. The van der Waals surface area contributed by atoms with Crippen molar-refractivity contribution in [1.82, 2.24) is 9.78 Å². The molecule has 0 spiro atoms. The standard InChI is InChI=1S/C20H24N2O3S/c1-13-5-6-17(11-14(13)2)20(23)8-7-19-15(3)21-22(16(19)4)18-9-10-26(24,25)12-18/h5-8,11,18H,9-10,12H2,1-4H3/b8-7+. The third-order valence-corrected chi connectivity index (χ3v) is 6.88. The van der Waals surface area contributed by atoms with Crippen LogP contribution in [0.15, 0.2) is 24.3 Å². The summed E-state index contributed by atoms with van der Waals surface area (Å²) in [6.45, 7) is 7.81. The average Bonchev–Trinajstić information content (AvgIpc) is 3.07. The highest BCUT2D eigenvalue weighted by Gasteiger charge is 2.31. The van der Waals surface area contributed by atoms with E-state index in [0.29, 0.717) is 12.0 Å². The highest BCUT2D eigenvalue weighted by Crippen LogP contribution is 2.27. The molecule has 138 valence electrons. The van der Waals surface area contributed by atoms with E-state index in [1.54, 1.807) is 16.8 Å². The minimum atomic E-state index is -2.97. The lowest BCUT2D eigenvalue weighted by Gasteiger charge is -2.10. The summed E-state index contributed by atoms with van der Waals surface area (Å²) in [7, 11) is -2.97. The Balaban J connectivity index is 1.85. The molecule has 1 aliphatic heterocycles. The Labute approximate surface area is 154 Å². The van der Waals surface area contributed by atoms with Gasteiger partial charge in [0.25, 0.3) is 0 Å². The van der Waals surface area contributed by atoms with Crippen molar-refractivity contribution < 1.29 is 13.2 Å². The maximum atomic E-state index is 12.5. The second kappa shape index (κ2) is 6.83. The summed E-state index contributed by atoms with van der Waals surface area (Å²) < 4.78 is 25.3. The first-order valence-corrected chi connectivity index (χ1v) is 10.6. The van der Waals surface area contributed by atoms with Crippen molar-refractivity contribution in [3.63, 3.8) is 0 Å². The molecule has 1 atom stereocenters. The second-order valence-electron chi connectivity index (χ2n) is 7.08. The number of sulfone groups is 1. The van der Waals surface area contributed by atoms with Gasteiger partial charge in [-0.25, -0.2) is 8.42 Å². The summed E-state index contributed by atoms with van der Waals surface area (Å²) in [6, 6.07) is 5.57. The first kappa shape index (κ1) is 18.6. The Hall–Kier alpha value is -2.21. The molecule has 2 aromatic rings. The van der Waals surface area contributed by atoms with E-state index in [2.05, 4.69) is 5.10 Å². The van der Waals surface area contributed by atoms with Gasteiger partial charge in [0.05, 0.1) is 23.2 Å². The number of carbonyl (C=O) groups is 1. The van der Waals surface area contributed by atoms with E-state index in [1.807, 2.05) is 45.9 Å². The maximum absolute atomic E-state index is 12.5. The predicted molar refractivity (Wildman–Crippen MR) is 103 cm³/mol. The minimum Gasteiger partial charge on any atom is -0.289 e. The molecule has 2 heterocycles. The van der Waals surface area contributed by atoms with Gasteiger partial charge in [0.1, 0.15) is 0 Å². The van der Waals surface area contributed by atoms with Gasteiger partial charge in [0.2, 0.25) is 0 Å². The first-order chi connectivity index (χ1) is 12.2. The molecule has 0 aliphatic carbocycles. The van der Waals surface area contributed by atoms with Crippen LogP contribution in [0.5, 0.6) is 0 Å². The lowest BCUT2D eigenvalue weighted by atomic mass is 10.0. The third-order valence-electron chi connectivity index (χ3n) is 5.13. The van der Waals surface area contributed by atoms with Crippen molar-refractivity contribution in [2.45, 2.75) is 40.2 Å². The fourth-order valence-electron chi connectivity index (χ4n) is 3.39. The van der Waals surface area contributed by atoms with Gasteiger partial charge >= 0.3 is 0 Å². The van der Waals surface area contributed by atoms with Crippen LogP contribution in [-0.2, 0) is 9.84 Å². The number of hydrogen-bond donors (Lipinski definition) is 0. The lowest BCUT2D eigenvalue weighted by molar-refractivity contribution is 0.104. The van der Waals surface area contributed by atoms with Crippen molar-refractivity contribution in [3.05, 3.63) is 57.9 Å². The zero-order valence-corrected chi connectivity index (χ0v) is 16.4. The van der Waals surface area contributed by atoms with Crippen LogP contribution in [0.3, 0.4) is 0 Å². The maximum Gasteiger partial charge on any atom is 0.185 e. The van der Waals surface area contributed by atoms with Gasteiger partial charge < -0.3 is 0 Å². The number of allylic oxidation sites excluding steroid dienone is 1. The third kappa shape index (κ3) is 3.65. The van der Waals surface area contributed by atoms with Crippen LogP contribution in [0.25, 0.3) is 6.08 Å². The highest BCUT2D eigenvalue weighted by molar-refractivity contribution is 7.91. The summed E-state index contributed by atoms with van der Waals surface area (Å²) in [5, 5.41) is 4.52. The highest BCUT2D eigenvalue weighted by atomic mass is 32.2. The number of benzene rings is 1. The van der Waals surface area contributed by atoms with E-state index in [4.69, 9.17) is 0 Å². The van der Waals surface area contributed by atoms with E-state index in [-0.39, 0.29) is 23.3 Å². The molecule has 0 amide bonds. The molecule has 0 N–H and O–H groups in total. The van der Waals surface area contributed by atoms with E-state index in [9.17, 15) is 13.2 Å². The Bertz CT molecular complexity index is 1000. The molecule has 0 bridgehead atoms. The van der Waals surface area contributed by atoms with Crippen LogP contribution in [0.2, 0.25) is 0 Å². The van der Waals surface area contributed by atoms with Gasteiger partial charge in [-0.2, -0.15) is 5.10 Å². The fraction of sp³-hybridized carbons (Fsp3) is 0.400. The Morgan fingerprint density at radius 1 is 1.19 bits per heavy atom. The van der Waals surface area contributed by atoms with Gasteiger partial charge in [-0.3, -0.25) is 9.48 Å². The first-order valence-electron chi connectivity index (χ1n) is 8.74. The lowest BCUT2D eigenvalue weighted by Crippen LogP contribution is -2.13. The Morgan fingerprint density at radius 2 is 1.92 bits per heavy atom. The van der Waals surface area contributed by atoms with Crippen LogP contribution in [-0.4, -0.2) is 35.5 Å². The molecule has 1 aliphatic rings. The van der Waals surface area contributed by atoms with Crippen molar-refractivity contribution in [1.29, 1.82) is 0 Å². The zero-order valence-electron chi connectivity index (χ0n) is 15.6. The van der Waals surface area contributed by atoms with Gasteiger partial charge in [0.15, 0.2) is 15.6 Å². The van der Waals surface area contributed by atoms with Crippen LogP contribution in [0, 0.1) is 27.7 Å². The van der Waals surface area contributed by atoms with E-state index in [1.165, 1.54) is 0 Å². The SMILES string of the molecule is Cc1ccc(C(=O)/C=C/c2c(C)nn(C3CCS(=O)(=O)C3)c2C)cc1C. The van der Waals surface area contributed by atoms with Gasteiger partial charge in [-0.05, 0) is 63.5 Å². The Morgan fingerprint density at radius 3 is 2.54 bits per heavy atom. The molecule has 0 saturated carbocycles. The van der Waals surface area contributed by atoms with Crippen LogP contribution in [0.1, 0.15) is 50.9 Å². The molecule has 1 fully saturated rings. The molecule has 6 heteroatoms. The quantitative estimate of drug-likeness (QED) is 0.609. The largest absolute Gasteiger partial charge is 0.289 e. The van der Waals surface area contributed by atoms with Gasteiger partial charge in [-0.15, -0.1) is 0 Å². The number of aryl methyl sites for hydroxylation is 3. The molecule has 5 nitrogen and oxygen atoms in total. The molecular weight excluding hydrogens is 348 g/mol. The second-order valence-corrected chi connectivity index (χ2v) is 9.31. The van der Waals surface area contributed by atoms with E-state index >= 15 is 0 Å². The van der Waals surface area contributed by atoms with Gasteiger partial charge in [-0.1, -0.05) is 12.1 Å². The molecule has 1 aromatic carbocycles. The topological polar surface area (TPSA) is 69.0 Å². The molecular formula is C20H24N2O3S. The number of aromatic nitrogens is 2. The van der Waals surface area contributed by atoms with Crippen LogP contribution >= 0.6 is 0 Å². The predicted octanol–water partition coefficient (Wildman–Crippen LogP) is 3.37. The summed E-state index contributed by atoms with van der Waals surface area (Å²) in [5.41, 5.74) is 5.49. The molecule has 3 rings (SSSR count). The summed E-state index contributed by atoms with van der Waals surface area (Å²) >= 11 is 0. The molecule has 26 heavy (non-hydrogen) atoms. The number of ketones is 1. The molecule has 1 unspecified atom stereocenters. The Kier molecular flexibility index (Phi) is 4.88. The summed E-state index contributed by atoms with van der Waals surface area (Å²) in [6.07, 6.45) is 3.95. The van der Waals surface area contributed by atoms with Crippen LogP contribution in [0.4, 0.5) is 0 Å². The minimum absolute atomic E-state index is 0.0527. The molecule has 1 aromatic heterocycles. The van der Waals surface area contributed by atoms with Crippen molar-refractivity contribution >= 4 is 21.7 Å². The molecule has 0 radical (unpaired) electrons. The van der Waals surface area contributed by atoms with Crippen LogP contribution < -0.4 is 0 Å². The number of hydrogen-bond acceptors (Lipinski definition) is 4. The number of carbonyl (C=O) groups excluding carboxylic acids is 1. The smallest absolute Gasteiger partial charge is 0.185 e. The normalized spacial score (nSPS) is 19.3. The number of nitrogens with zero attached hydrogens (tertiary/aromatic N) is 2. The van der Waals surface area contributed by atoms with E-state index < -0.39 is 9.84 Å². The van der Waals surface area contributed by atoms with E-state index in [0.717, 1.165) is 28.1 Å². The summed E-state index contributed by atoms with van der Waals surface area (Å²) in [4.78, 5) is 12.5. The zero-order chi connectivity index (χ0) is 19.1. The van der Waals surface area contributed by atoms with Gasteiger partial charge in [0, 0.05) is 16.8 Å². The van der Waals surface area contributed by atoms with Crippen molar-refractivity contribution in [2.75, 3.05) is 11.5 Å². The molecule has 1 saturated heterocycles. The fourth-order valence-corrected chi connectivity index (χ4v) is 5.08. The number of rotatable bonds is 4. The average molecular weight is 372 g/mol.